The highest BCUT2D eigenvalue weighted by Gasteiger charge is 2.19. The van der Waals surface area contributed by atoms with Crippen LogP contribution in [0.3, 0.4) is 0 Å². The number of furan rings is 1. The number of fused-ring (bicyclic) bond motifs is 1. The number of benzene rings is 2. The number of anilines is 1. The molecule has 0 atom stereocenters. The molecule has 146 valence electrons. The Morgan fingerprint density at radius 1 is 1.03 bits per heavy atom. The molecule has 2 aromatic heterocycles. The average Bonchev–Trinajstić information content (AvgIpc) is 3.41. The molecule has 4 aromatic rings. The molecule has 0 saturated heterocycles. The van der Waals surface area contributed by atoms with Crippen molar-refractivity contribution in [2.24, 2.45) is 0 Å². The first-order chi connectivity index (χ1) is 14.2. The van der Waals surface area contributed by atoms with Crippen LogP contribution >= 0.6 is 11.7 Å². The number of ether oxygens (including phenoxy) is 2. The SMILES string of the molecule is O=C(COC(=O)c1occc1COc1ccccc1)Nc1cccc2nsnc12. The predicted octanol–water partition coefficient (Wildman–Crippen LogP) is 3.66. The molecular weight excluding hydrogens is 394 g/mol. The molecule has 1 N–H and O–H groups in total. The van der Waals surface area contributed by atoms with Crippen molar-refractivity contribution in [3.05, 3.63) is 72.2 Å². The normalized spacial score (nSPS) is 10.6. The van der Waals surface area contributed by atoms with Crippen molar-refractivity contribution < 1.29 is 23.5 Å². The van der Waals surface area contributed by atoms with E-state index in [4.69, 9.17) is 13.9 Å². The highest BCUT2D eigenvalue weighted by Crippen LogP contribution is 2.21. The zero-order chi connectivity index (χ0) is 20.1. The monoisotopic (exact) mass is 409 g/mol. The maximum Gasteiger partial charge on any atom is 0.375 e. The Kier molecular flexibility index (Phi) is 5.48. The Bertz CT molecular complexity index is 1140. The Labute approximate surface area is 169 Å². The number of amides is 1. The first-order valence-electron chi connectivity index (χ1n) is 8.63. The van der Waals surface area contributed by atoms with E-state index in [1.54, 1.807) is 36.4 Å². The number of carbonyl (C=O) groups is 2. The van der Waals surface area contributed by atoms with E-state index in [9.17, 15) is 9.59 Å². The number of carbonyl (C=O) groups excluding carboxylic acids is 2. The first-order valence-corrected chi connectivity index (χ1v) is 9.36. The van der Waals surface area contributed by atoms with Gasteiger partial charge in [0.25, 0.3) is 5.91 Å². The van der Waals surface area contributed by atoms with Crippen LogP contribution in [0.2, 0.25) is 0 Å². The van der Waals surface area contributed by atoms with Crippen molar-refractivity contribution in [2.75, 3.05) is 11.9 Å². The molecule has 0 aliphatic carbocycles. The molecule has 0 spiro atoms. The maximum atomic E-state index is 12.3. The molecule has 4 rings (SSSR count). The van der Waals surface area contributed by atoms with Crippen molar-refractivity contribution in [1.82, 2.24) is 8.75 Å². The predicted molar refractivity (Wildman–Crippen MR) is 106 cm³/mol. The average molecular weight is 409 g/mol. The fourth-order valence-corrected chi connectivity index (χ4v) is 3.15. The summed E-state index contributed by atoms with van der Waals surface area (Å²) in [4.78, 5) is 24.5. The summed E-state index contributed by atoms with van der Waals surface area (Å²) in [6, 6.07) is 16.1. The Balaban J connectivity index is 1.33. The smallest absolute Gasteiger partial charge is 0.375 e. The number of aromatic nitrogens is 2. The van der Waals surface area contributed by atoms with Gasteiger partial charge in [-0.2, -0.15) is 8.75 Å². The minimum absolute atomic E-state index is 0.000432. The third-order valence-corrected chi connectivity index (χ3v) is 4.51. The molecule has 0 radical (unpaired) electrons. The Morgan fingerprint density at radius 2 is 1.90 bits per heavy atom. The van der Waals surface area contributed by atoms with Gasteiger partial charge in [-0.05, 0) is 30.3 Å². The summed E-state index contributed by atoms with van der Waals surface area (Å²) < 4.78 is 24.2. The van der Waals surface area contributed by atoms with Gasteiger partial charge in [0, 0.05) is 5.56 Å². The topological polar surface area (TPSA) is 104 Å². The molecule has 0 unspecified atom stereocenters. The second kappa shape index (κ2) is 8.53. The second-order valence-corrected chi connectivity index (χ2v) is 6.47. The third-order valence-electron chi connectivity index (χ3n) is 3.96. The zero-order valence-corrected chi connectivity index (χ0v) is 15.8. The summed E-state index contributed by atoms with van der Waals surface area (Å²) in [5.41, 5.74) is 2.30. The third kappa shape index (κ3) is 4.41. The van der Waals surface area contributed by atoms with E-state index in [-0.39, 0.29) is 12.4 Å². The lowest BCUT2D eigenvalue weighted by atomic mass is 10.2. The van der Waals surface area contributed by atoms with Gasteiger partial charge in [-0.3, -0.25) is 4.79 Å². The van der Waals surface area contributed by atoms with E-state index in [2.05, 4.69) is 14.1 Å². The van der Waals surface area contributed by atoms with Crippen LogP contribution in [0.25, 0.3) is 11.0 Å². The molecule has 0 saturated carbocycles. The van der Waals surface area contributed by atoms with E-state index in [1.165, 1.54) is 6.26 Å². The molecule has 2 aromatic carbocycles. The van der Waals surface area contributed by atoms with Crippen LogP contribution in [0, 0.1) is 0 Å². The van der Waals surface area contributed by atoms with Crippen molar-refractivity contribution in [3.8, 4) is 5.75 Å². The van der Waals surface area contributed by atoms with Crippen LogP contribution in [0.1, 0.15) is 16.1 Å². The number of para-hydroxylation sites is 1. The van der Waals surface area contributed by atoms with Crippen LogP contribution in [-0.2, 0) is 16.1 Å². The van der Waals surface area contributed by atoms with E-state index in [0.717, 1.165) is 11.7 Å². The highest BCUT2D eigenvalue weighted by molar-refractivity contribution is 7.00. The fourth-order valence-electron chi connectivity index (χ4n) is 2.60. The summed E-state index contributed by atoms with van der Waals surface area (Å²) in [5, 5.41) is 2.67. The second-order valence-electron chi connectivity index (χ2n) is 5.94. The van der Waals surface area contributed by atoms with Crippen molar-refractivity contribution in [1.29, 1.82) is 0 Å². The van der Waals surface area contributed by atoms with Gasteiger partial charge in [-0.15, -0.1) is 0 Å². The highest BCUT2D eigenvalue weighted by atomic mass is 32.1. The van der Waals surface area contributed by atoms with Gasteiger partial charge in [0.15, 0.2) is 6.61 Å². The maximum absolute atomic E-state index is 12.3. The molecule has 2 heterocycles. The Hall–Kier alpha value is -3.72. The summed E-state index contributed by atoms with van der Waals surface area (Å²) in [6.45, 7) is -0.331. The molecule has 0 aliphatic rings. The number of nitrogens with one attached hydrogen (secondary N) is 1. The summed E-state index contributed by atoms with van der Waals surface area (Å²) >= 11 is 1.05. The summed E-state index contributed by atoms with van der Waals surface area (Å²) in [6.07, 6.45) is 1.37. The minimum atomic E-state index is -0.745. The lowest BCUT2D eigenvalue weighted by Gasteiger charge is -2.08. The molecular formula is C20H15N3O5S. The van der Waals surface area contributed by atoms with Gasteiger partial charge < -0.3 is 19.2 Å². The molecule has 9 heteroatoms. The van der Waals surface area contributed by atoms with E-state index >= 15 is 0 Å². The van der Waals surface area contributed by atoms with Crippen molar-refractivity contribution >= 4 is 40.3 Å². The molecule has 1 amide bonds. The van der Waals surface area contributed by atoms with Crippen LogP contribution in [0.15, 0.2) is 65.3 Å². The standard InChI is InChI=1S/C20H15N3O5S/c24-17(21-15-7-4-8-16-18(15)23-29-22-16)12-28-20(25)19-13(9-10-26-19)11-27-14-5-2-1-3-6-14/h1-10H,11-12H2,(H,21,24). The van der Waals surface area contributed by atoms with Crippen LogP contribution in [-0.4, -0.2) is 27.2 Å². The van der Waals surface area contributed by atoms with Crippen LogP contribution in [0.5, 0.6) is 5.75 Å². The van der Waals surface area contributed by atoms with E-state index < -0.39 is 18.5 Å². The lowest BCUT2D eigenvalue weighted by Crippen LogP contribution is -2.21. The fraction of sp³-hybridized carbons (Fsp3) is 0.100. The van der Waals surface area contributed by atoms with Crippen molar-refractivity contribution in [3.63, 3.8) is 0 Å². The number of esters is 1. The summed E-state index contributed by atoms with van der Waals surface area (Å²) in [5.74, 6) is -0.574. The number of hydrogen-bond donors (Lipinski definition) is 1. The molecule has 0 aliphatic heterocycles. The molecule has 8 nitrogen and oxygen atoms in total. The van der Waals surface area contributed by atoms with Crippen LogP contribution < -0.4 is 10.1 Å². The minimum Gasteiger partial charge on any atom is -0.489 e. The van der Waals surface area contributed by atoms with Gasteiger partial charge in [0.05, 0.1) is 23.7 Å². The van der Waals surface area contributed by atoms with Gasteiger partial charge >= 0.3 is 5.97 Å². The quantitative estimate of drug-likeness (QED) is 0.465. The zero-order valence-electron chi connectivity index (χ0n) is 15.0. The van der Waals surface area contributed by atoms with Gasteiger partial charge in [0.1, 0.15) is 23.4 Å². The number of rotatable bonds is 7. The Morgan fingerprint density at radius 3 is 2.76 bits per heavy atom. The molecule has 29 heavy (non-hydrogen) atoms. The summed E-state index contributed by atoms with van der Waals surface area (Å²) in [7, 11) is 0. The van der Waals surface area contributed by atoms with E-state index in [1.807, 2.05) is 18.2 Å². The van der Waals surface area contributed by atoms with Crippen LogP contribution in [0.4, 0.5) is 5.69 Å². The van der Waals surface area contributed by atoms with E-state index in [0.29, 0.717) is 28.0 Å². The number of nitrogens with zero attached hydrogens (tertiary/aromatic N) is 2. The van der Waals surface area contributed by atoms with Gasteiger partial charge in [-0.1, -0.05) is 24.3 Å². The largest absolute Gasteiger partial charge is 0.489 e. The van der Waals surface area contributed by atoms with Gasteiger partial charge in [0.2, 0.25) is 5.76 Å². The lowest BCUT2D eigenvalue weighted by molar-refractivity contribution is -0.119. The van der Waals surface area contributed by atoms with Gasteiger partial charge in [-0.25, -0.2) is 4.79 Å². The van der Waals surface area contributed by atoms with Crippen molar-refractivity contribution in [2.45, 2.75) is 6.61 Å². The first kappa shape index (κ1) is 18.6. The number of hydrogen-bond acceptors (Lipinski definition) is 8. The molecule has 0 bridgehead atoms. The molecule has 0 fully saturated rings.